The molecule has 0 aromatic heterocycles. The molecule has 0 aliphatic carbocycles. The highest BCUT2D eigenvalue weighted by Gasteiger charge is 2.21. The first-order valence-electron chi connectivity index (χ1n) is 8.96. The lowest BCUT2D eigenvalue weighted by atomic mass is 10.1. The van der Waals surface area contributed by atoms with E-state index >= 15 is 0 Å². The Hall–Kier alpha value is -2.38. The normalized spacial score (nSPS) is 15.6. The van der Waals surface area contributed by atoms with E-state index in [4.69, 9.17) is 0 Å². The minimum absolute atomic E-state index is 0.141. The summed E-state index contributed by atoms with van der Waals surface area (Å²) in [5, 5.41) is 2.74. The van der Waals surface area contributed by atoms with Gasteiger partial charge in [0.15, 0.2) is 9.84 Å². The standard InChI is InChI=1S/C20H25N3O3S/c1-16-7-3-5-9-18(16)23-13-11-22(12-14-23)15-20(24)21-17-8-4-6-10-19(17)27(2,25)26/h3-10H,11-15H2,1-2H3,(H,21,24). The molecular weight excluding hydrogens is 362 g/mol. The number of sulfone groups is 1. The third-order valence-corrected chi connectivity index (χ3v) is 5.91. The van der Waals surface area contributed by atoms with Crippen LogP contribution in [0.1, 0.15) is 5.56 Å². The number of aryl methyl sites for hydroxylation is 1. The van der Waals surface area contributed by atoms with Crippen LogP contribution in [0.5, 0.6) is 0 Å². The number of hydrogen-bond donors (Lipinski definition) is 1. The Bertz CT molecular complexity index is 920. The van der Waals surface area contributed by atoms with Crippen molar-refractivity contribution in [3.63, 3.8) is 0 Å². The van der Waals surface area contributed by atoms with Crippen molar-refractivity contribution < 1.29 is 13.2 Å². The maximum atomic E-state index is 12.4. The highest BCUT2D eigenvalue weighted by atomic mass is 32.2. The summed E-state index contributed by atoms with van der Waals surface area (Å²) in [4.78, 5) is 17.0. The molecule has 6 nitrogen and oxygen atoms in total. The van der Waals surface area contributed by atoms with Gasteiger partial charge in [-0.25, -0.2) is 8.42 Å². The molecule has 1 N–H and O–H groups in total. The second-order valence-corrected chi connectivity index (χ2v) is 8.85. The highest BCUT2D eigenvalue weighted by molar-refractivity contribution is 7.90. The third kappa shape index (κ3) is 4.87. The molecule has 1 saturated heterocycles. The predicted molar refractivity (Wildman–Crippen MR) is 108 cm³/mol. The smallest absolute Gasteiger partial charge is 0.238 e. The lowest BCUT2D eigenvalue weighted by Gasteiger charge is -2.36. The van der Waals surface area contributed by atoms with Gasteiger partial charge in [-0.3, -0.25) is 9.69 Å². The van der Waals surface area contributed by atoms with Gasteiger partial charge in [-0.2, -0.15) is 0 Å². The maximum Gasteiger partial charge on any atom is 0.238 e. The van der Waals surface area contributed by atoms with Crippen LogP contribution in [0.15, 0.2) is 53.4 Å². The van der Waals surface area contributed by atoms with Crippen LogP contribution in [0.3, 0.4) is 0 Å². The van der Waals surface area contributed by atoms with Gasteiger partial charge in [-0.15, -0.1) is 0 Å². The number of benzene rings is 2. The minimum atomic E-state index is -3.39. The van der Waals surface area contributed by atoms with Crippen LogP contribution in [0.2, 0.25) is 0 Å². The average Bonchev–Trinajstić information content (AvgIpc) is 2.62. The first kappa shape index (κ1) is 19.4. The van der Waals surface area contributed by atoms with E-state index in [1.54, 1.807) is 18.2 Å². The van der Waals surface area contributed by atoms with Crippen LogP contribution < -0.4 is 10.2 Å². The quantitative estimate of drug-likeness (QED) is 0.851. The minimum Gasteiger partial charge on any atom is -0.369 e. The first-order valence-corrected chi connectivity index (χ1v) is 10.9. The summed E-state index contributed by atoms with van der Waals surface area (Å²) in [5.41, 5.74) is 2.83. The van der Waals surface area contributed by atoms with E-state index in [0.29, 0.717) is 5.69 Å². The summed E-state index contributed by atoms with van der Waals surface area (Å²) < 4.78 is 23.7. The number of rotatable bonds is 5. The van der Waals surface area contributed by atoms with Crippen LogP contribution >= 0.6 is 0 Å². The number of carbonyl (C=O) groups is 1. The van der Waals surface area contributed by atoms with Gasteiger partial charge in [0.1, 0.15) is 0 Å². The number of nitrogens with one attached hydrogen (secondary N) is 1. The Balaban J connectivity index is 1.57. The predicted octanol–water partition coefficient (Wildman–Crippen LogP) is 2.16. The fourth-order valence-corrected chi connectivity index (χ4v) is 4.20. The van der Waals surface area contributed by atoms with E-state index in [-0.39, 0.29) is 17.3 Å². The molecule has 0 radical (unpaired) electrons. The van der Waals surface area contributed by atoms with Gasteiger partial charge in [-0.05, 0) is 30.7 Å². The second-order valence-electron chi connectivity index (χ2n) is 6.87. The summed E-state index contributed by atoms with van der Waals surface area (Å²) in [6, 6.07) is 14.8. The molecule has 0 atom stereocenters. The van der Waals surface area contributed by atoms with E-state index < -0.39 is 9.84 Å². The molecule has 0 unspecified atom stereocenters. The molecule has 27 heavy (non-hydrogen) atoms. The molecule has 1 heterocycles. The molecule has 144 valence electrons. The summed E-state index contributed by atoms with van der Waals surface area (Å²) in [7, 11) is -3.39. The SMILES string of the molecule is Cc1ccccc1N1CCN(CC(=O)Nc2ccccc2S(C)(=O)=O)CC1. The van der Waals surface area contributed by atoms with Crippen molar-refractivity contribution in [2.24, 2.45) is 0 Å². The summed E-state index contributed by atoms with van der Waals surface area (Å²) in [5.74, 6) is -0.199. The first-order chi connectivity index (χ1) is 12.8. The number of amides is 1. The molecule has 1 aliphatic rings. The zero-order valence-corrected chi connectivity index (χ0v) is 16.5. The van der Waals surface area contributed by atoms with E-state index in [2.05, 4.69) is 34.2 Å². The Morgan fingerprint density at radius 2 is 1.63 bits per heavy atom. The number of hydrogen-bond acceptors (Lipinski definition) is 5. The number of anilines is 2. The van der Waals surface area contributed by atoms with E-state index in [1.165, 1.54) is 17.3 Å². The summed E-state index contributed by atoms with van der Waals surface area (Å²) in [6.45, 7) is 5.65. The Kier molecular flexibility index (Phi) is 5.82. The number of piperazine rings is 1. The molecule has 0 bridgehead atoms. The molecule has 7 heteroatoms. The van der Waals surface area contributed by atoms with Crippen molar-refractivity contribution in [3.05, 3.63) is 54.1 Å². The molecule has 0 saturated carbocycles. The average molecular weight is 388 g/mol. The van der Waals surface area contributed by atoms with Gasteiger partial charge in [0.25, 0.3) is 0 Å². The fraction of sp³-hybridized carbons (Fsp3) is 0.350. The molecular formula is C20H25N3O3S. The van der Waals surface area contributed by atoms with Crippen molar-refractivity contribution in [3.8, 4) is 0 Å². The lowest BCUT2D eigenvalue weighted by Crippen LogP contribution is -2.48. The van der Waals surface area contributed by atoms with E-state index in [9.17, 15) is 13.2 Å². The number of para-hydroxylation sites is 2. The van der Waals surface area contributed by atoms with E-state index in [1.807, 2.05) is 12.1 Å². The highest BCUT2D eigenvalue weighted by Crippen LogP contribution is 2.22. The molecule has 1 fully saturated rings. The van der Waals surface area contributed by atoms with Crippen LogP contribution in [0.25, 0.3) is 0 Å². The van der Waals surface area contributed by atoms with E-state index in [0.717, 1.165) is 32.4 Å². The van der Waals surface area contributed by atoms with Crippen LogP contribution in [0, 0.1) is 6.92 Å². The molecule has 0 spiro atoms. The van der Waals surface area contributed by atoms with Crippen molar-refractivity contribution in [1.29, 1.82) is 0 Å². The Morgan fingerprint density at radius 1 is 1.00 bits per heavy atom. The maximum absolute atomic E-state index is 12.4. The van der Waals surface area contributed by atoms with Crippen molar-refractivity contribution >= 4 is 27.1 Å². The van der Waals surface area contributed by atoms with Gasteiger partial charge in [-0.1, -0.05) is 30.3 Å². The van der Waals surface area contributed by atoms with Gasteiger partial charge in [0.05, 0.1) is 17.1 Å². The molecule has 2 aromatic carbocycles. The van der Waals surface area contributed by atoms with Gasteiger partial charge in [0, 0.05) is 38.1 Å². The monoisotopic (exact) mass is 387 g/mol. The Morgan fingerprint density at radius 3 is 2.30 bits per heavy atom. The van der Waals surface area contributed by atoms with Crippen LogP contribution in [-0.2, 0) is 14.6 Å². The Labute approximate surface area is 160 Å². The number of nitrogens with zero attached hydrogens (tertiary/aromatic N) is 2. The van der Waals surface area contributed by atoms with Crippen LogP contribution in [0.4, 0.5) is 11.4 Å². The molecule has 1 amide bonds. The zero-order chi connectivity index (χ0) is 19.4. The van der Waals surface area contributed by atoms with Gasteiger partial charge in [0.2, 0.25) is 5.91 Å². The summed E-state index contributed by atoms with van der Waals surface area (Å²) in [6.07, 6.45) is 1.14. The van der Waals surface area contributed by atoms with Crippen molar-refractivity contribution in [1.82, 2.24) is 4.90 Å². The van der Waals surface area contributed by atoms with Crippen molar-refractivity contribution in [2.75, 3.05) is 49.2 Å². The lowest BCUT2D eigenvalue weighted by molar-refractivity contribution is -0.117. The zero-order valence-electron chi connectivity index (χ0n) is 15.7. The molecule has 2 aromatic rings. The second kappa shape index (κ2) is 8.10. The molecule has 1 aliphatic heterocycles. The molecule has 3 rings (SSSR count). The number of carbonyl (C=O) groups excluding carboxylic acids is 1. The largest absolute Gasteiger partial charge is 0.369 e. The topological polar surface area (TPSA) is 69.7 Å². The summed E-state index contributed by atoms with van der Waals surface area (Å²) >= 11 is 0. The van der Waals surface area contributed by atoms with Gasteiger partial charge < -0.3 is 10.2 Å². The third-order valence-electron chi connectivity index (χ3n) is 4.76. The van der Waals surface area contributed by atoms with Gasteiger partial charge >= 0.3 is 0 Å². The van der Waals surface area contributed by atoms with Crippen molar-refractivity contribution in [2.45, 2.75) is 11.8 Å². The fourth-order valence-electron chi connectivity index (χ4n) is 3.35. The van der Waals surface area contributed by atoms with Crippen LogP contribution in [-0.4, -0.2) is 58.2 Å².